The molecular weight excluding hydrogens is 257 g/mol. The second-order valence-corrected chi connectivity index (χ2v) is 4.93. The van der Waals surface area contributed by atoms with E-state index in [1.807, 2.05) is 13.8 Å². The van der Waals surface area contributed by atoms with Gasteiger partial charge in [0.15, 0.2) is 0 Å². The molecule has 106 valence electrons. The van der Waals surface area contributed by atoms with Crippen molar-refractivity contribution in [2.24, 2.45) is 5.92 Å². The number of anilines is 3. The van der Waals surface area contributed by atoms with Crippen LogP contribution in [-0.2, 0) is 0 Å². The number of nitrogens with zero attached hydrogens (tertiary/aromatic N) is 1. The minimum Gasteiger partial charge on any atom is -0.476 e. The van der Waals surface area contributed by atoms with Crippen LogP contribution in [0.15, 0.2) is 36.4 Å². The summed E-state index contributed by atoms with van der Waals surface area (Å²) < 4.78 is 18.7. The van der Waals surface area contributed by atoms with E-state index in [9.17, 15) is 4.39 Å². The predicted octanol–water partition coefficient (Wildman–Crippen LogP) is 3.58. The van der Waals surface area contributed by atoms with Gasteiger partial charge in [0.25, 0.3) is 0 Å². The summed E-state index contributed by atoms with van der Waals surface area (Å²) in [5.41, 5.74) is 6.92. The van der Waals surface area contributed by atoms with Gasteiger partial charge in [-0.15, -0.1) is 0 Å². The fourth-order valence-electron chi connectivity index (χ4n) is 1.60. The van der Waals surface area contributed by atoms with E-state index >= 15 is 0 Å². The van der Waals surface area contributed by atoms with Crippen LogP contribution >= 0.6 is 0 Å². The zero-order valence-electron chi connectivity index (χ0n) is 11.6. The van der Waals surface area contributed by atoms with Gasteiger partial charge in [-0.1, -0.05) is 19.9 Å². The zero-order valence-corrected chi connectivity index (χ0v) is 11.6. The quantitative estimate of drug-likeness (QED) is 0.875. The van der Waals surface area contributed by atoms with Gasteiger partial charge in [-0.25, -0.2) is 4.39 Å². The molecule has 4 nitrogen and oxygen atoms in total. The van der Waals surface area contributed by atoms with E-state index in [0.29, 0.717) is 35.6 Å². The summed E-state index contributed by atoms with van der Waals surface area (Å²) in [7, 11) is 0. The van der Waals surface area contributed by atoms with Crippen LogP contribution in [0.4, 0.5) is 21.6 Å². The third kappa shape index (κ3) is 3.85. The standard InChI is InChI=1S/C15H18FN3O/c1-10(2)9-20-15-13(17)6-7-14(19-15)18-12-5-3-4-11(16)8-12/h3-8,10H,9,17H2,1-2H3,(H,18,19). The number of nitrogen functional groups attached to an aromatic ring is 1. The lowest BCUT2D eigenvalue weighted by molar-refractivity contribution is 0.263. The molecule has 1 aromatic heterocycles. The topological polar surface area (TPSA) is 60.2 Å². The molecule has 1 heterocycles. The molecule has 0 saturated carbocycles. The fraction of sp³-hybridized carbons (Fsp3) is 0.267. The normalized spacial score (nSPS) is 10.6. The first-order chi connectivity index (χ1) is 9.54. The van der Waals surface area contributed by atoms with Gasteiger partial charge in [-0.05, 0) is 36.2 Å². The van der Waals surface area contributed by atoms with E-state index in [1.165, 1.54) is 12.1 Å². The number of halogens is 1. The second-order valence-electron chi connectivity index (χ2n) is 4.93. The summed E-state index contributed by atoms with van der Waals surface area (Å²) in [5.74, 6) is 1.03. The maximum Gasteiger partial charge on any atom is 0.239 e. The maximum absolute atomic E-state index is 13.1. The minimum atomic E-state index is -0.304. The number of pyridine rings is 1. The van der Waals surface area contributed by atoms with Crippen molar-refractivity contribution in [2.75, 3.05) is 17.7 Å². The van der Waals surface area contributed by atoms with Gasteiger partial charge in [-0.2, -0.15) is 4.98 Å². The molecule has 0 atom stereocenters. The Morgan fingerprint density at radius 3 is 2.80 bits per heavy atom. The van der Waals surface area contributed by atoms with E-state index in [1.54, 1.807) is 24.3 Å². The molecule has 0 spiro atoms. The van der Waals surface area contributed by atoms with Gasteiger partial charge in [0.1, 0.15) is 11.6 Å². The van der Waals surface area contributed by atoms with E-state index < -0.39 is 0 Å². The van der Waals surface area contributed by atoms with Gasteiger partial charge >= 0.3 is 0 Å². The lowest BCUT2D eigenvalue weighted by Crippen LogP contribution is -2.08. The molecule has 3 N–H and O–H groups in total. The van der Waals surface area contributed by atoms with Crippen LogP contribution < -0.4 is 15.8 Å². The third-order valence-electron chi connectivity index (χ3n) is 2.54. The maximum atomic E-state index is 13.1. The molecule has 2 rings (SSSR count). The van der Waals surface area contributed by atoms with Crippen molar-refractivity contribution < 1.29 is 9.13 Å². The van der Waals surface area contributed by atoms with Crippen molar-refractivity contribution in [1.29, 1.82) is 0 Å². The molecule has 0 aliphatic carbocycles. The summed E-state index contributed by atoms with van der Waals surface area (Å²) in [6.07, 6.45) is 0. The lowest BCUT2D eigenvalue weighted by atomic mass is 10.2. The number of nitrogens with one attached hydrogen (secondary N) is 1. The number of benzene rings is 1. The molecule has 0 saturated heterocycles. The zero-order chi connectivity index (χ0) is 14.5. The van der Waals surface area contributed by atoms with Crippen molar-refractivity contribution in [3.8, 4) is 5.88 Å². The Labute approximate surface area is 117 Å². The Kier molecular flexibility index (Phi) is 4.40. The molecule has 2 aromatic rings. The Morgan fingerprint density at radius 1 is 1.30 bits per heavy atom. The fourth-order valence-corrected chi connectivity index (χ4v) is 1.60. The molecule has 5 heteroatoms. The van der Waals surface area contributed by atoms with Crippen LogP contribution in [0.2, 0.25) is 0 Å². The highest BCUT2D eigenvalue weighted by atomic mass is 19.1. The first-order valence-corrected chi connectivity index (χ1v) is 6.46. The highest BCUT2D eigenvalue weighted by Crippen LogP contribution is 2.23. The largest absolute Gasteiger partial charge is 0.476 e. The van der Waals surface area contributed by atoms with Gasteiger partial charge in [-0.3, -0.25) is 0 Å². The Morgan fingerprint density at radius 2 is 2.10 bits per heavy atom. The SMILES string of the molecule is CC(C)COc1nc(Nc2cccc(F)c2)ccc1N. The monoisotopic (exact) mass is 275 g/mol. The average Bonchev–Trinajstić information content (AvgIpc) is 2.39. The molecular formula is C15H18FN3O. The average molecular weight is 275 g/mol. The lowest BCUT2D eigenvalue weighted by Gasteiger charge is -2.12. The number of nitrogens with two attached hydrogens (primary N) is 1. The number of hydrogen-bond acceptors (Lipinski definition) is 4. The van der Waals surface area contributed by atoms with Crippen LogP contribution in [0, 0.1) is 11.7 Å². The highest BCUT2D eigenvalue weighted by molar-refractivity contribution is 5.60. The molecule has 0 fully saturated rings. The molecule has 1 aromatic carbocycles. The van der Waals surface area contributed by atoms with Gasteiger partial charge in [0.05, 0.1) is 12.3 Å². The summed E-state index contributed by atoms with van der Waals surface area (Å²) >= 11 is 0. The van der Waals surface area contributed by atoms with Crippen molar-refractivity contribution in [2.45, 2.75) is 13.8 Å². The molecule has 20 heavy (non-hydrogen) atoms. The van der Waals surface area contributed by atoms with Crippen molar-refractivity contribution in [3.63, 3.8) is 0 Å². The molecule has 0 aliphatic heterocycles. The summed E-state index contributed by atoms with van der Waals surface area (Å²) in [6, 6.07) is 9.61. The summed E-state index contributed by atoms with van der Waals surface area (Å²) in [4.78, 5) is 4.29. The highest BCUT2D eigenvalue weighted by Gasteiger charge is 2.06. The summed E-state index contributed by atoms with van der Waals surface area (Å²) in [5, 5.41) is 3.01. The number of rotatable bonds is 5. The van der Waals surface area contributed by atoms with Crippen molar-refractivity contribution in [1.82, 2.24) is 4.98 Å². The Balaban J connectivity index is 2.14. The van der Waals surface area contributed by atoms with Gasteiger partial charge in [0, 0.05) is 5.69 Å². The smallest absolute Gasteiger partial charge is 0.239 e. The van der Waals surface area contributed by atoms with E-state index in [0.717, 1.165) is 0 Å². The van der Waals surface area contributed by atoms with Crippen LogP contribution in [0.5, 0.6) is 5.88 Å². The van der Waals surface area contributed by atoms with E-state index in [4.69, 9.17) is 10.5 Å². The minimum absolute atomic E-state index is 0.304. The first kappa shape index (κ1) is 14.1. The van der Waals surface area contributed by atoms with Crippen LogP contribution in [0.3, 0.4) is 0 Å². The van der Waals surface area contributed by atoms with E-state index in [-0.39, 0.29) is 5.82 Å². The first-order valence-electron chi connectivity index (χ1n) is 6.46. The van der Waals surface area contributed by atoms with Crippen LogP contribution in [0.25, 0.3) is 0 Å². The predicted molar refractivity (Wildman–Crippen MR) is 78.7 cm³/mol. The molecule has 0 amide bonds. The molecule has 0 bridgehead atoms. The van der Waals surface area contributed by atoms with E-state index in [2.05, 4.69) is 10.3 Å². The van der Waals surface area contributed by atoms with Crippen LogP contribution in [-0.4, -0.2) is 11.6 Å². The number of aromatic nitrogens is 1. The van der Waals surface area contributed by atoms with Gasteiger partial charge in [0.2, 0.25) is 5.88 Å². The number of ether oxygens (including phenoxy) is 1. The molecule has 0 radical (unpaired) electrons. The van der Waals surface area contributed by atoms with Crippen molar-refractivity contribution >= 4 is 17.2 Å². The Bertz CT molecular complexity index is 587. The molecule has 0 aliphatic rings. The molecule has 0 unspecified atom stereocenters. The van der Waals surface area contributed by atoms with Gasteiger partial charge < -0.3 is 15.8 Å². The summed E-state index contributed by atoms with van der Waals surface area (Å²) in [6.45, 7) is 4.64. The second kappa shape index (κ2) is 6.23. The number of hydrogen-bond donors (Lipinski definition) is 2. The van der Waals surface area contributed by atoms with Crippen molar-refractivity contribution in [3.05, 3.63) is 42.2 Å². The third-order valence-corrected chi connectivity index (χ3v) is 2.54. The van der Waals surface area contributed by atoms with Crippen LogP contribution in [0.1, 0.15) is 13.8 Å². The Hall–Kier alpha value is -2.30.